The molecule has 3 heterocycles. The maximum Gasteiger partial charge on any atom is -0.00134 e. The van der Waals surface area contributed by atoms with Crippen molar-refractivity contribution in [3.05, 3.63) is 0 Å². The molecular formula is C23H49ClN2. The highest BCUT2D eigenvalue weighted by molar-refractivity contribution is 4.91. The molecule has 0 aromatic rings. The molecule has 0 aliphatic carbocycles. The summed E-state index contributed by atoms with van der Waals surface area (Å²) in [6.07, 6.45) is 26.8. The number of quaternary nitrogens is 1. The van der Waals surface area contributed by atoms with Gasteiger partial charge in [-0.25, -0.2) is 0 Å². The Morgan fingerprint density at radius 1 is 0.577 bits per heavy atom. The molecule has 0 radical (unpaired) electrons. The summed E-state index contributed by atoms with van der Waals surface area (Å²) < 4.78 is 0. The average Bonchev–Trinajstić information content (AvgIpc) is 2.63. The Balaban J connectivity index is 0.00000312. The fraction of sp³-hybridized carbons (Fsp3) is 1.00. The van der Waals surface area contributed by atoms with Gasteiger partial charge in [0, 0.05) is 0 Å². The van der Waals surface area contributed by atoms with Crippen molar-refractivity contribution in [2.45, 2.75) is 122 Å². The molecule has 0 aromatic carbocycles. The topological polar surface area (TPSA) is 39.7 Å². The predicted octanol–water partition coefficient (Wildman–Crippen LogP) is 4.72. The van der Waals surface area contributed by atoms with Gasteiger partial charge in [0.05, 0.1) is 0 Å². The lowest BCUT2D eigenvalue weighted by atomic mass is 9.69. The van der Waals surface area contributed by atoms with Crippen LogP contribution in [0.1, 0.15) is 122 Å². The first-order chi connectivity index (χ1) is 11.8. The summed E-state index contributed by atoms with van der Waals surface area (Å²) in [4.78, 5) is 2.67. The van der Waals surface area contributed by atoms with E-state index < -0.39 is 0 Å². The number of hydrogen-bond acceptors (Lipinski definition) is 1. The summed E-state index contributed by atoms with van der Waals surface area (Å²) in [5, 5.41) is 0. The van der Waals surface area contributed by atoms with Crippen LogP contribution < -0.4 is 18.6 Å². The number of halogens is 1. The van der Waals surface area contributed by atoms with Crippen molar-refractivity contribution in [1.29, 1.82) is 0 Å². The molecule has 0 spiro atoms. The Morgan fingerprint density at radius 3 is 1.31 bits per heavy atom. The van der Waals surface area contributed by atoms with Crippen molar-refractivity contribution in [2.24, 2.45) is 5.41 Å². The second-order valence-electron chi connectivity index (χ2n) is 8.94. The minimum Gasteiger partial charge on any atom is -1.00 e. The third-order valence-corrected chi connectivity index (χ3v) is 6.94. The molecule has 0 saturated carbocycles. The van der Waals surface area contributed by atoms with Gasteiger partial charge < -0.3 is 23.5 Å². The van der Waals surface area contributed by atoms with E-state index in [0.717, 1.165) is 5.41 Å². The number of hydrogen-bond donors (Lipinski definition) is 1. The van der Waals surface area contributed by atoms with Gasteiger partial charge in [-0.2, -0.15) is 0 Å². The number of piperidine rings is 3. The van der Waals surface area contributed by atoms with E-state index in [2.05, 4.69) is 11.8 Å². The molecule has 3 saturated heterocycles. The van der Waals surface area contributed by atoms with Crippen molar-refractivity contribution in [1.82, 2.24) is 11.1 Å². The number of unbranched alkanes of at least 4 members (excludes halogenated alkanes) is 13. The molecule has 2 nitrogen and oxygen atoms in total. The lowest BCUT2D eigenvalue weighted by molar-refractivity contribution is -0.00000829. The zero-order chi connectivity index (χ0) is 16.9. The van der Waals surface area contributed by atoms with Crippen LogP contribution in [0.2, 0.25) is 0 Å². The van der Waals surface area contributed by atoms with Gasteiger partial charge in [0.15, 0.2) is 0 Å². The van der Waals surface area contributed by atoms with Gasteiger partial charge in [-0.15, -0.1) is 0 Å². The van der Waals surface area contributed by atoms with E-state index in [1.54, 1.807) is 6.42 Å². The molecule has 0 aromatic heterocycles. The van der Waals surface area contributed by atoms with Crippen molar-refractivity contribution in [2.75, 3.05) is 19.6 Å². The van der Waals surface area contributed by atoms with Gasteiger partial charge in [0.25, 0.3) is 0 Å². The third kappa shape index (κ3) is 10.5. The lowest BCUT2D eigenvalue weighted by Gasteiger charge is -2.48. The van der Waals surface area contributed by atoms with Crippen LogP contribution in [-0.4, -0.2) is 24.5 Å². The molecule has 3 heteroatoms. The third-order valence-electron chi connectivity index (χ3n) is 6.94. The Kier molecular flexibility index (Phi) is 16.3. The maximum atomic E-state index is 2.67. The second kappa shape index (κ2) is 16.2. The monoisotopic (exact) mass is 388 g/mol. The molecule has 158 valence electrons. The molecule has 3 fully saturated rings. The highest BCUT2D eigenvalue weighted by Gasteiger charge is 2.38. The highest BCUT2D eigenvalue weighted by Crippen LogP contribution is 2.43. The van der Waals surface area contributed by atoms with Gasteiger partial charge in [-0.3, -0.25) is 0 Å². The summed E-state index contributed by atoms with van der Waals surface area (Å²) in [5.41, 5.74) is 0.784. The normalized spacial score (nSPS) is 24.1. The van der Waals surface area contributed by atoms with Gasteiger partial charge in [-0.1, -0.05) is 96.8 Å². The smallest absolute Gasteiger partial charge is 0.00134 e. The standard InChI is InChI=1S/C23H45N.ClH.H3N/c1-2-3-4-5-6-7-8-9-10-11-12-13-14-15-16-23-17-20-24(21-18-23)22-19-23;;/h2-22H2,1H3;1H;1H3. The molecule has 0 unspecified atom stereocenters. The van der Waals surface area contributed by atoms with E-state index in [1.165, 1.54) is 129 Å². The molecule has 2 bridgehead atoms. The first-order valence-corrected chi connectivity index (χ1v) is 11.6. The average molecular weight is 389 g/mol. The van der Waals surface area contributed by atoms with Crippen molar-refractivity contribution >= 4 is 0 Å². The van der Waals surface area contributed by atoms with Crippen molar-refractivity contribution in [3.8, 4) is 0 Å². The van der Waals surface area contributed by atoms with Crippen LogP contribution in [-0.2, 0) is 0 Å². The molecule has 0 atom stereocenters. The van der Waals surface area contributed by atoms with Crippen LogP contribution in [0.4, 0.5) is 0 Å². The Labute approximate surface area is 171 Å². The largest absolute Gasteiger partial charge is 1.00 e. The van der Waals surface area contributed by atoms with Crippen molar-refractivity contribution < 1.29 is 12.4 Å². The number of fused-ring (bicyclic) bond motifs is 3. The molecular weight excluding hydrogens is 340 g/mol. The van der Waals surface area contributed by atoms with Crippen LogP contribution in [0.3, 0.4) is 0 Å². The van der Waals surface area contributed by atoms with Crippen LogP contribution in [0.15, 0.2) is 0 Å². The minimum absolute atomic E-state index is 0. The zero-order valence-electron chi connectivity index (χ0n) is 18.2. The summed E-state index contributed by atoms with van der Waals surface area (Å²) in [7, 11) is 0. The summed E-state index contributed by atoms with van der Waals surface area (Å²) >= 11 is 0. The summed E-state index contributed by atoms with van der Waals surface area (Å²) in [6.45, 7) is 6.51. The Bertz CT molecular complexity index is 287. The maximum absolute atomic E-state index is 2.67. The highest BCUT2D eigenvalue weighted by atomic mass is 35.5. The molecule has 0 amide bonds. The van der Waals surface area contributed by atoms with E-state index >= 15 is 0 Å². The molecule has 4 N–H and O–H groups in total. The second-order valence-corrected chi connectivity index (χ2v) is 8.94. The van der Waals surface area contributed by atoms with Crippen LogP contribution in [0, 0.1) is 5.41 Å². The van der Waals surface area contributed by atoms with Crippen LogP contribution in [0.25, 0.3) is 0 Å². The fourth-order valence-electron chi connectivity index (χ4n) is 4.97. The first-order valence-electron chi connectivity index (χ1n) is 11.6. The zero-order valence-corrected chi connectivity index (χ0v) is 18.9. The van der Waals surface area contributed by atoms with Gasteiger partial charge in [-0.05, 0) is 50.7 Å². The molecule has 3 rings (SSSR count). The molecule has 3 aliphatic rings. The van der Waals surface area contributed by atoms with Gasteiger partial charge >= 0.3 is 0 Å². The summed E-state index contributed by atoms with van der Waals surface area (Å²) in [6, 6.07) is 0. The van der Waals surface area contributed by atoms with E-state index in [1.807, 2.05) is 0 Å². The van der Waals surface area contributed by atoms with Crippen molar-refractivity contribution in [3.63, 3.8) is 0 Å². The summed E-state index contributed by atoms with van der Waals surface area (Å²) in [5.74, 6) is 0. The lowest BCUT2D eigenvalue weighted by Crippen LogP contribution is -3.00. The Hall–Kier alpha value is 0.210. The molecule has 26 heavy (non-hydrogen) atoms. The van der Waals surface area contributed by atoms with Gasteiger partial charge in [0.1, 0.15) is 0 Å². The quantitative estimate of drug-likeness (QED) is 0.405. The van der Waals surface area contributed by atoms with Crippen LogP contribution >= 0.6 is 0 Å². The molecule has 3 aliphatic heterocycles. The predicted molar refractivity (Wildman–Crippen MR) is 114 cm³/mol. The number of nitrogens with zero attached hydrogens (tertiary/aromatic N) is 1. The van der Waals surface area contributed by atoms with Crippen LogP contribution in [0.5, 0.6) is 0 Å². The number of rotatable bonds is 15. The van der Waals surface area contributed by atoms with E-state index in [4.69, 9.17) is 0 Å². The van der Waals surface area contributed by atoms with E-state index in [9.17, 15) is 0 Å². The SMILES string of the molecule is CCCCCCCCCCCCCCCCC12CCN(CC1)CC2.[Cl-].[NH4+]. The van der Waals surface area contributed by atoms with E-state index in [0.29, 0.717) is 0 Å². The van der Waals surface area contributed by atoms with E-state index in [-0.39, 0.29) is 18.6 Å². The Morgan fingerprint density at radius 2 is 0.923 bits per heavy atom. The minimum atomic E-state index is 0. The first kappa shape index (κ1) is 26.2. The van der Waals surface area contributed by atoms with Gasteiger partial charge in [0.2, 0.25) is 0 Å². The fourth-order valence-corrected chi connectivity index (χ4v) is 4.97.